The number of anilines is 1. The van der Waals surface area contributed by atoms with Gasteiger partial charge in [0.2, 0.25) is 5.91 Å². The van der Waals surface area contributed by atoms with Crippen molar-refractivity contribution in [3.05, 3.63) is 34.4 Å². The van der Waals surface area contributed by atoms with E-state index >= 15 is 0 Å². The SMILES string of the molecule is CCCC(C)(NC(=O)CCCNc1ccc([N+](=O)[O-])cc1)C(=O)OC. The molecule has 138 valence electrons. The third-order valence-corrected chi connectivity index (χ3v) is 3.79. The molecule has 1 aromatic carbocycles. The van der Waals surface area contributed by atoms with Crippen molar-refractivity contribution in [3.63, 3.8) is 0 Å². The molecule has 1 rings (SSSR count). The maximum Gasteiger partial charge on any atom is 0.331 e. The van der Waals surface area contributed by atoms with Gasteiger partial charge in [-0.15, -0.1) is 0 Å². The Bertz CT molecular complexity index is 603. The van der Waals surface area contributed by atoms with Crippen LogP contribution >= 0.6 is 0 Å². The van der Waals surface area contributed by atoms with E-state index in [1.54, 1.807) is 19.1 Å². The maximum atomic E-state index is 12.1. The number of nitro benzene ring substituents is 1. The van der Waals surface area contributed by atoms with E-state index in [2.05, 4.69) is 10.6 Å². The number of hydrogen-bond donors (Lipinski definition) is 2. The fourth-order valence-electron chi connectivity index (χ4n) is 2.49. The molecular weight excluding hydrogens is 326 g/mol. The number of nitro groups is 1. The third-order valence-electron chi connectivity index (χ3n) is 3.79. The highest BCUT2D eigenvalue weighted by molar-refractivity contribution is 5.87. The molecule has 8 nitrogen and oxygen atoms in total. The monoisotopic (exact) mass is 351 g/mol. The van der Waals surface area contributed by atoms with Crippen LogP contribution in [0.25, 0.3) is 0 Å². The Balaban J connectivity index is 2.41. The average molecular weight is 351 g/mol. The van der Waals surface area contributed by atoms with Crippen LogP contribution in [0.5, 0.6) is 0 Å². The number of esters is 1. The van der Waals surface area contributed by atoms with Gasteiger partial charge >= 0.3 is 5.97 Å². The van der Waals surface area contributed by atoms with E-state index in [0.29, 0.717) is 19.4 Å². The molecule has 1 aromatic rings. The molecule has 0 spiro atoms. The van der Waals surface area contributed by atoms with Crippen molar-refractivity contribution in [3.8, 4) is 0 Å². The Labute approximate surface area is 147 Å². The van der Waals surface area contributed by atoms with Crippen molar-refractivity contribution in [2.24, 2.45) is 0 Å². The van der Waals surface area contributed by atoms with Crippen LogP contribution in [0, 0.1) is 10.1 Å². The van der Waals surface area contributed by atoms with Crippen LogP contribution in [0.4, 0.5) is 11.4 Å². The molecule has 25 heavy (non-hydrogen) atoms. The quantitative estimate of drug-likeness (QED) is 0.290. The van der Waals surface area contributed by atoms with E-state index in [1.807, 2.05) is 6.92 Å². The number of rotatable bonds is 10. The lowest BCUT2D eigenvalue weighted by Gasteiger charge is -2.27. The lowest BCUT2D eigenvalue weighted by molar-refractivity contribution is -0.384. The minimum absolute atomic E-state index is 0.0305. The largest absolute Gasteiger partial charge is 0.467 e. The molecule has 0 saturated carbocycles. The van der Waals surface area contributed by atoms with Gasteiger partial charge in [-0.2, -0.15) is 0 Å². The molecule has 0 aromatic heterocycles. The van der Waals surface area contributed by atoms with E-state index in [-0.39, 0.29) is 18.0 Å². The third kappa shape index (κ3) is 6.40. The first-order valence-electron chi connectivity index (χ1n) is 8.20. The fraction of sp³-hybridized carbons (Fsp3) is 0.529. The molecular formula is C17H25N3O5. The molecule has 0 fully saturated rings. The first-order valence-corrected chi connectivity index (χ1v) is 8.20. The molecule has 0 aliphatic heterocycles. The van der Waals surface area contributed by atoms with Crippen molar-refractivity contribution >= 4 is 23.3 Å². The van der Waals surface area contributed by atoms with Gasteiger partial charge in [0.05, 0.1) is 12.0 Å². The van der Waals surface area contributed by atoms with Crippen LogP contribution < -0.4 is 10.6 Å². The van der Waals surface area contributed by atoms with Crippen molar-refractivity contribution in [1.29, 1.82) is 0 Å². The zero-order valence-corrected chi connectivity index (χ0v) is 14.8. The second kappa shape index (κ2) is 9.61. The van der Waals surface area contributed by atoms with Gasteiger partial charge in [-0.3, -0.25) is 14.9 Å². The Kier molecular flexibility index (Phi) is 7.84. The number of carbonyl (C=O) groups is 2. The molecule has 8 heteroatoms. The normalized spacial score (nSPS) is 12.8. The molecule has 0 heterocycles. The summed E-state index contributed by atoms with van der Waals surface area (Å²) in [5, 5.41) is 16.4. The lowest BCUT2D eigenvalue weighted by atomic mass is 9.96. The highest BCUT2D eigenvalue weighted by Gasteiger charge is 2.34. The molecule has 1 unspecified atom stereocenters. The molecule has 0 aliphatic rings. The van der Waals surface area contributed by atoms with Gasteiger partial charge in [0.25, 0.3) is 5.69 Å². The van der Waals surface area contributed by atoms with Crippen molar-refractivity contribution in [1.82, 2.24) is 5.32 Å². The molecule has 0 aliphatic carbocycles. The van der Waals surface area contributed by atoms with Crippen LogP contribution in [0.3, 0.4) is 0 Å². The van der Waals surface area contributed by atoms with Gasteiger partial charge in [0.15, 0.2) is 0 Å². The predicted molar refractivity (Wildman–Crippen MR) is 94.3 cm³/mol. The van der Waals surface area contributed by atoms with Crippen LogP contribution in [-0.2, 0) is 14.3 Å². The first kappa shape index (κ1) is 20.4. The number of nitrogens with zero attached hydrogens (tertiary/aromatic N) is 1. The summed E-state index contributed by atoms with van der Waals surface area (Å²) in [5.74, 6) is -0.668. The number of carbonyl (C=O) groups excluding carboxylic acids is 2. The average Bonchev–Trinajstić information content (AvgIpc) is 2.58. The number of non-ortho nitro benzene ring substituents is 1. The summed E-state index contributed by atoms with van der Waals surface area (Å²) in [6.45, 7) is 4.13. The molecule has 0 bridgehead atoms. The molecule has 1 amide bonds. The summed E-state index contributed by atoms with van der Waals surface area (Å²) >= 11 is 0. The van der Waals surface area contributed by atoms with Gasteiger partial charge in [-0.25, -0.2) is 4.79 Å². The fourth-order valence-corrected chi connectivity index (χ4v) is 2.49. The van der Waals surface area contributed by atoms with Gasteiger partial charge in [-0.1, -0.05) is 13.3 Å². The maximum absolute atomic E-state index is 12.1. The summed E-state index contributed by atoms with van der Waals surface area (Å²) in [5.41, 5.74) is -0.230. The van der Waals surface area contributed by atoms with Crippen molar-refractivity contribution < 1.29 is 19.2 Å². The molecule has 2 N–H and O–H groups in total. The topological polar surface area (TPSA) is 111 Å². The minimum atomic E-state index is -1.01. The highest BCUT2D eigenvalue weighted by Crippen LogP contribution is 2.16. The predicted octanol–water partition coefficient (Wildman–Crippen LogP) is 2.63. The summed E-state index contributed by atoms with van der Waals surface area (Å²) < 4.78 is 4.76. The van der Waals surface area contributed by atoms with Crippen LogP contribution in [0.1, 0.15) is 39.5 Å². The number of benzene rings is 1. The number of amides is 1. The minimum Gasteiger partial charge on any atom is -0.467 e. The van der Waals surface area contributed by atoms with Gasteiger partial charge < -0.3 is 15.4 Å². The van der Waals surface area contributed by atoms with Crippen LogP contribution in [-0.4, -0.2) is 36.0 Å². The molecule has 0 radical (unpaired) electrons. The smallest absolute Gasteiger partial charge is 0.331 e. The van der Waals surface area contributed by atoms with E-state index in [4.69, 9.17) is 4.74 Å². The number of nitrogens with one attached hydrogen (secondary N) is 2. The molecule has 1 atom stereocenters. The summed E-state index contributed by atoms with van der Waals surface area (Å²) in [6.07, 6.45) is 2.07. The number of ether oxygens (including phenoxy) is 1. The van der Waals surface area contributed by atoms with Crippen LogP contribution in [0.2, 0.25) is 0 Å². The van der Waals surface area contributed by atoms with E-state index in [0.717, 1.165) is 12.1 Å². The Morgan fingerprint density at radius 3 is 2.44 bits per heavy atom. The van der Waals surface area contributed by atoms with Crippen LogP contribution in [0.15, 0.2) is 24.3 Å². The standard InChI is InChI=1S/C17H25N3O5/c1-4-11-17(2,16(22)25-3)19-15(21)6-5-12-18-13-7-9-14(10-8-13)20(23)24/h7-10,18H,4-6,11-12H2,1-3H3,(H,19,21). The number of hydrogen-bond acceptors (Lipinski definition) is 6. The van der Waals surface area contributed by atoms with Crippen molar-refractivity contribution in [2.75, 3.05) is 19.0 Å². The first-order chi connectivity index (χ1) is 11.8. The van der Waals surface area contributed by atoms with Gasteiger partial charge in [-0.05, 0) is 31.9 Å². The summed E-state index contributed by atoms with van der Waals surface area (Å²) in [4.78, 5) is 34.0. The van der Waals surface area contributed by atoms with E-state index in [1.165, 1.54) is 19.2 Å². The van der Waals surface area contributed by atoms with E-state index in [9.17, 15) is 19.7 Å². The Morgan fingerprint density at radius 2 is 1.92 bits per heavy atom. The Hall–Kier alpha value is -2.64. The summed E-state index contributed by atoms with van der Waals surface area (Å²) in [7, 11) is 1.30. The highest BCUT2D eigenvalue weighted by atomic mass is 16.6. The lowest BCUT2D eigenvalue weighted by Crippen LogP contribution is -2.52. The van der Waals surface area contributed by atoms with Gasteiger partial charge in [0.1, 0.15) is 5.54 Å². The van der Waals surface area contributed by atoms with Gasteiger partial charge in [0, 0.05) is 30.8 Å². The summed E-state index contributed by atoms with van der Waals surface area (Å²) in [6, 6.07) is 6.07. The zero-order valence-electron chi connectivity index (χ0n) is 14.8. The zero-order chi connectivity index (χ0) is 18.9. The molecule has 0 saturated heterocycles. The second-order valence-corrected chi connectivity index (χ2v) is 5.96. The number of methoxy groups -OCH3 is 1. The van der Waals surface area contributed by atoms with Crippen molar-refractivity contribution in [2.45, 2.75) is 45.1 Å². The Morgan fingerprint density at radius 1 is 1.28 bits per heavy atom. The second-order valence-electron chi connectivity index (χ2n) is 5.96. The van der Waals surface area contributed by atoms with E-state index < -0.39 is 16.4 Å².